The lowest BCUT2D eigenvalue weighted by atomic mass is 9.97. The number of fused-ring (bicyclic) bond motifs is 1. The molecule has 9 heteroatoms. The van der Waals surface area contributed by atoms with Gasteiger partial charge in [-0.25, -0.2) is 13.1 Å². The van der Waals surface area contributed by atoms with Crippen molar-refractivity contribution >= 4 is 21.7 Å². The van der Waals surface area contributed by atoms with Gasteiger partial charge >= 0.3 is 0 Å². The monoisotopic (exact) mass is 480 g/mol. The van der Waals surface area contributed by atoms with E-state index in [4.69, 9.17) is 9.84 Å². The molecule has 1 saturated heterocycles. The van der Waals surface area contributed by atoms with Crippen LogP contribution < -0.4 is 10.1 Å². The summed E-state index contributed by atoms with van der Waals surface area (Å²) in [5.74, 6) is 1.03. The quantitative estimate of drug-likeness (QED) is 0.584. The summed E-state index contributed by atoms with van der Waals surface area (Å²) in [6.07, 6.45) is 3.81. The number of hydrogen-bond donors (Lipinski definition) is 1. The maximum absolute atomic E-state index is 13.2. The number of aryl methyl sites for hydroxylation is 1. The molecule has 2 aliphatic rings. The van der Waals surface area contributed by atoms with Gasteiger partial charge in [-0.15, -0.1) is 0 Å². The molecule has 1 aromatic heterocycles. The van der Waals surface area contributed by atoms with E-state index in [2.05, 4.69) is 5.32 Å². The van der Waals surface area contributed by atoms with Crippen molar-refractivity contribution in [2.24, 2.45) is 5.92 Å². The number of amides is 1. The highest BCUT2D eigenvalue weighted by Crippen LogP contribution is 2.32. The second-order valence-electron chi connectivity index (χ2n) is 8.72. The maximum Gasteiger partial charge on any atom is 0.243 e. The van der Waals surface area contributed by atoms with E-state index in [9.17, 15) is 13.2 Å². The third-order valence-corrected chi connectivity index (χ3v) is 8.58. The van der Waals surface area contributed by atoms with Crippen LogP contribution in [0.5, 0.6) is 5.75 Å². The minimum absolute atomic E-state index is 0.0757. The second kappa shape index (κ2) is 9.23. The zero-order valence-electron chi connectivity index (χ0n) is 19.1. The van der Waals surface area contributed by atoms with E-state index in [0.29, 0.717) is 31.7 Å². The van der Waals surface area contributed by atoms with Crippen molar-refractivity contribution in [3.05, 3.63) is 65.9 Å². The Bertz CT molecular complexity index is 1280. The van der Waals surface area contributed by atoms with E-state index in [1.165, 1.54) is 4.31 Å². The molecule has 0 bridgehead atoms. The van der Waals surface area contributed by atoms with Crippen LogP contribution in [0.1, 0.15) is 30.5 Å². The standard InChI is InChI=1S/C25H28N4O4S/c1-33-20-10-12-21(13-11-20)34(31,32)28-16-14-18(15-17-28)25(30)26-24-22-8-5-9-23(22)27-29(24)19-6-3-2-4-7-19/h2-4,6-7,10-13,18H,5,8-9,14-17H2,1H3,(H,26,30). The lowest BCUT2D eigenvalue weighted by molar-refractivity contribution is -0.121. The first-order valence-corrected chi connectivity index (χ1v) is 13.0. The first-order valence-electron chi connectivity index (χ1n) is 11.6. The molecule has 2 heterocycles. The van der Waals surface area contributed by atoms with Crippen molar-refractivity contribution in [2.75, 3.05) is 25.5 Å². The number of rotatable bonds is 6. The molecule has 1 N–H and O–H groups in total. The number of ether oxygens (including phenoxy) is 1. The summed E-state index contributed by atoms with van der Waals surface area (Å²) in [5.41, 5.74) is 3.06. The zero-order valence-corrected chi connectivity index (χ0v) is 19.9. The Labute approximate surface area is 199 Å². The van der Waals surface area contributed by atoms with Crippen LogP contribution in [0.25, 0.3) is 5.69 Å². The predicted octanol–water partition coefficient (Wildman–Crippen LogP) is 3.41. The lowest BCUT2D eigenvalue weighted by Gasteiger charge is -2.30. The summed E-state index contributed by atoms with van der Waals surface area (Å²) in [6.45, 7) is 0.616. The molecule has 0 unspecified atom stereocenters. The SMILES string of the molecule is COc1ccc(S(=O)(=O)N2CCC(C(=O)Nc3c4c(nn3-c3ccccc3)CCC4)CC2)cc1. The van der Waals surface area contributed by atoms with Crippen LogP contribution in [0.3, 0.4) is 0 Å². The van der Waals surface area contributed by atoms with Gasteiger partial charge in [-0.05, 0) is 68.5 Å². The summed E-state index contributed by atoms with van der Waals surface area (Å²) < 4.78 is 34.4. The third kappa shape index (κ3) is 4.21. The third-order valence-electron chi connectivity index (χ3n) is 6.67. The molecule has 1 aliphatic heterocycles. The molecule has 1 aliphatic carbocycles. The Balaban J connectivity index is 1.28. The number of hydrogen-bond acceptors (Lipinski definition) is 5. The Morgan fingerprint density at radius 1 is 1.03 bits per heavy atom. The van der Waals surface area contributed by atoms with Crippen molar-refractivity contribution in [2.45, 2.75) is 37.0 Å². The number of carbonyl (C=O) groups excluding carboxylic acids is 1. The van der Waals surface area contributed by atoms with Gasteiger partial charge in [-0.1, -0.05) is 18.2 Å². The van der Waals surface area contributed by atoms with Crippen LogP contribution in [0.2, 0.25) is 0 Å². The number of aromatic nitrogens is 2. The predicted molar refractivity (Wildman–Crippen MR) is 129 cm³/mol. The molecule has 0 saturated carbocycles. The van der Waals surface area contributed by atoms with Gasteiger partial charge in [0.25, 0.3) is 0 Å². The van der Waals surface area contributed by atoms with Crippen LogP contribution in [0, 0.1) is 5.92 Å². The van der Waals surface area contributed by atoms with Crippen molar-refractivity contribution < 1.29 is 17.9 Å². The maximum atomic E-state index is 13.2. The van der Waals surface area contributed by atoms with E-state index < -0.39 is 10.0 Å². The molecule has 178 valence electrons. The molecule has 34 heavy (non-hydrogen) atoms. The van der Waals surface area contributed by atoms with Crippen LogP contribution in [0.15, 0.2) is 59.5 Å². The van der Waals surface area contributed by atoms with Gasteiger partial charge in [0.15, 0.2) is 0 Å². The first-order chi connectivity index (χ1) is 16.5. The molecule has 0 radical (unpaired) electrons. The number of piperidine rings is 1. The van der Waals surface area contributed by atoms with Gasteiger partial charge in [0, 0.05) is 24.6 Å². The lowest BCUT2D eigenvalue weighted by Crippen LogP contribution is -2.41. The molecular weight excluding hydrogens is 452 g/mol. The number of benzene rings is 2. The van der Waals surface area contributed by atoms with Gasteiger partial charge in [0.2, 0.25) is 15.9 Å². The fourth-order valence-electron chi connectivity index (χ4n) is 4.75. The zero-order chi connectivity index (χ0) is 23.7. The molecule has 1 amide bonds. The summed E-state index contributed by atoms with van der Waals surface area (Å²) in [7, 11) is -2.06. The largest absolute Gasteiger partial charge is 0.497 e. The van der Waals surface area contributed by atoms with Crippen molar-refractivity contribution in [3.63, 3.8) is 0 Å². The highest BCUT2D eigenvalue weighted by atomic mass is 32.2. The molecule has 3 aromatic rings. The summed E-state index contributed by atoms with van der Waals surface area (Å²) in [6, 6.07) is 16.2. The Morgan fingerprint density at radius 2 is 1.74 bits per heavy atom. The molecule has 8 nitrogen and oxygen atoms in total. The van der Waals surface area contributed by atoms with Crippen LogP contribution >= 0.6 is 0 Å². The van der Waals surface area contributed by atoms with Crippen LogP contribution in [-0.4, -0.2) is 48.6 Å². The fraction of sp³-hybridized carbons (Fsp3) is 0.360. The van der Waals surface area contributed by atoms with E-state index >= 15 is 0 Å². The fourth-order valence-corrected chi connectivity index (χ4v) is 6.22. The average Bonchev–Trinajstić information content (AvgIpc) is 3.47. The number of sulfonamides is 1. The Morgan fingerprint density at radius 3 is 2.41 bits per heavy atom. The number of para-hydroxylation sites is 1. The summed E-state index contributed by atoms with van der Waals surface area (Å²) in [4.78, 5) is 13.4. The minimum atomic E-state index is -3.60. The molecule has 1 fully saturated rings. The molecular formula is C25H28N4O4S. The summed E-state index contributed by atoms with van der Waals surface area (Å²) >= 11 is 0. The first kappa shape index (κ1) is 22.6. The Hall–Kier alpha value is -3.17. The smallest absolute Gasteiger partial charge is 0.243 e. The van der Waals surface area contributed by atoms with E-state index in [1.807, 2.05) is 35.0 Å². The highest BCUT2D eigenvalue weighted by molar-refractivity contribution is 7.89. The minimum Gasteiger partial charge on any atom is -0.497 e. The number of methoxy groups -OCH3 is 1. The van der Waals surface area contributed by atoms with Gasteiger partial charge in [0.05, 0.1) is 23.4 Å². The van der Waals surface area contributed by atoms with Gasteiger partial charge < -0.3 is 10.1 Å². The second-order valence-corrected chi connectivity index (χ2v) is 10.7. The molecule has 0 atom stereocenters. The Kier molecular flexibility index (Phi) is 6.14. The number of nitrogens with zero attached hydrogens (tertiary/aromatic N) is 3. The van der Waals surface area contributed by atoms with Crippen molar-refractivity contribution in [1.29, 1.82) is 0 Å². The van der Waals surface area contributed by atoms with Crippen LogP contribution in [-0.2, 0) is 27.7 Å². The molecule has 0 spiro atoms. The van der Waals surface area contributed by atoms with Crippen LogP contribution in [0.4, 0.5) is 5.82 Å². The van der Waals surface area contributed by atoms with E-state index in [0.717, 1.165) is 42.0 Å². The molecule has 2 aromatic carbocycles. The van der Waals surface area contributed by atoms with E-state index in [-0.39, 0.29) is 16.7 Å². The number of anilines is 1. The highest BCUT2D eigenvalue weighted by Gasteiger charge is 2.33. The topological polar surface area (TPSA) is 93.5 Å². The van der Waals surface area contributed by atoms with E-state index in [1.54, 1.807) is 31.4 Å². The van der Waals surface area contributed by atoms with Gasteiger partial charge in [0.1, 0.15) is 11.6 Å². The van der Waals surface area contributed by atoms with Crippen molar-refractivity contribution in [1.82, 2.24) is 14.1 Å². The number of carbonyl (C=O) groups is 1. The summed E-state index contributed by atoms with van der Waals surface area (Å²) in [5, 5.41) is 7.89. The van der Waals surface area contributed by atoms with Gasteiger partial charge in [-0.3, -0.25) is 4.79 Å². The van der Waals surface area contributed by atoms with Crippen molar-refractivity contribution in [3.8, 4) is 11.4 Å². The van der Waals surface area contributed by atoms with Gasteiger partial charge in [-0.2, -0.15) is 9.40 Å². The number of nitrogens with one attached hydrogen (secondary N) is 1. The molecule has 5 rings (SSSR count). The normalized spacial score (nSPS) is 16.9. The average molecular weight is 481 g/mol.